The molecule has 0 heterocycles. The van der Waals surface area contributed by atoms with E-state index in [1.54, 1.807) is 0 Å². The fraction of sp³-hybridized carbons (Fsp3) is 0.250. The smallest absolute Gasteiger partial charge is 0.0383 e. The van der Waals surface area contributed by atoms with Crippen molar-refractivity contribution >= 4 is 21.6 Å². The van der Waals surface area contributed by atoms with Crippen LogP contribution in [0.1, 0.15) is 16.7 Å². The highest BCUT2D eigenvalue weighted by molar-refractivity contribution is 9.10. The van der Waals surface area contributed by atoms with Crippen molar-refractivity contribution in [2.75, 3.05) is 5.32 Å². The highest BCUT2D eigenvalue weighted by Crippen LogP contribution is 2.28. The van der Waals surface area contributed by atoms with E-state index in [4.69, 9.17) is 0 Å². The Morgan fingerprint density at radius 3 is 2.33 bits per heavy atom. The highest BCUT2D eigenvalue weighted by atomic mass is 79.9. The molecule has 0 saturated heterocycles. The maximum atomic E-state index is 3.67. The van der Waals surface area contributed by atoms with Crippen molar-refractivity contribution < 1.29 is 0 Å². The molecule has 0 aliphatic heterocycles. The van der Waals surface area contributed by atoms with E-state index in [-0.39, 0.29) is 0 Å². The highest BCUT2D eigenvalue weighted by Gasteiger charge is 2.21. The van der Waals surface area contributed by atoms with Gasteiger partial charge in [-0.25, -0.2) is 0 Å². The van der Waals surface area contributed by atoms with Crippen LogP contribution in [0.25, 0.3) is 0 Å². The maximum Gasteiger partial charge on any atom is 0.0383 e. The minimum Gasteiger partial charge on any atom is -0.381 e. The number of hydrogen-bond acceptors (Lipinski definition) is 1. The first kappa shape index (κ1) is 11.8. The van der Waals surface area contributed by atoms with Crippen molar-refractivity contribution in [2.24, 2.45) is 0 Å². The van der Waals surface area contributed by atoms with Gasteiger partial charge < -0.3 is 5.32 Å². The van der Waals surface area contributed by atoms with Gasteiger partial charge in [-0.2, -0.15) is 0 Å². The number of benzene rings is 2. The van der Waals surface area contributed by atoms with E-state index >= 15 is 0 Å². The number of hydrogen-bond donors (Lipinski definition) is 1. The Morgan fingerprint density at radius 2 is 1.67 bits per heavy atom. The standard InChI is InChI=1S/C16H16BrN/c1-11-15(17)7-4-8-16(11)18-14-9-12-5-2-3-6-13(12)10-14/h2-8,14,18H,9-10H2,1H3. The van der Waals surface area contributed by atoms with Crippen LogP contribution in [0.3, 0.4) is 0 Å². The van der Waals surface area contributed by atoms with Gasteiger partial charge in [-0.3, -0.25) is 0 Å². The average Bonchev–Trinajstić information content (AvgIpc) is 2.77. The second-order valence-corrected chi connectivity index (χ2v) is 5.78. The fourth-order valence-electron chi connectivity index (χ4n) is 2.64. The van der Waals surface area contributed by atoms with E-state index in [1.165, 1.54) is 26.9 Å². The van der Waals surface area contributed by atoms with Crippen LogP contribution in [0.15, 0.2) is 46.9 Å². The topological polar surface area (TPSA) is 12.0 Å². The van der Waals surface area contributed by atoms with Gasteiger partial charge in [0.25, 0.3) is 0 Å². The molecule has 0 aromatic heterocycles. The molecule has 0 spiro atoms. The summed E-state index contributed by atoms with van der Waals surface area (Å²) in [6, 6.07) is 15.6. The molecule has 0 unspecified atom stereocenters. The van der Waals surface area contributed by atoms with E-state index in [1.807, 2.05) is 0 Å². The van der Waals surface area contributed by atoms with E-state index in [9.17, 15) is 0 Å². The van der Waals surface area contributed by atoms with Crippen molar-refractivity contribution in [1.82, 2.24) is 0 Å². The molecule has 1 aliphatic carbocycles. The first-order valence-corrected chi connectivity index (χ1v) is 7.12. The Labute approximate surface area is 116 Å². The molecule has 0 fully saturated rings. The minimum absolute atomic E-state index is 0.524. The maximum absolute atomic E-state index is 3.67. The predicted molar refractivity (Wildman–Crippen MR) is 80.1 cm³/mol. The summed E-state index contributed by atoms with van der Waals surface area (Å²) in [6.07, 6.45) is 2.25. The molecule has 0 bridgehead atoms. The number of nitrogens with one attached hydrogen (secondary N) is 1. The van der Waals surface area contributed by atoms with Crippen LogP contribution >= 0.6 is 15.9 Å². The predicted octanol–water partition coefficient (Wildman–Crippen LogP) is 4.34. The SMILES string of the molecule is Cc1c(Br)cccc1NC1Cc2ccccc2C1. The Hall–Kier alpha value is -1.28. The lowest BCUT2D eigenvalue weighted by Crippen LogP contribution is -2.20. The van der Waals surface area contributed by atoms with Crippen molar-refractivity contribution in [3.05, 3.63) is 63.6 Å². The van der Waals surface area contributed by atoms with Crippen molar-refractivity contribution in [1.29, 1.82) is 0 Å². The normalized spacial score (nSPS) is 14.6. The van der Waals surface area contributed by atoms with E-state index < -0.39 is 0 Å². The monoisotopic (exact) mass is 301 g/mol. The second kappa shape index (κ2) is 4.77. The molecule has 1 nitrogen and oxygen atoms in total. The number of rotatable bonds is 2. The first-order valence-electron chi connectivity index (χ1n) is 6.32. The summed E-state index contributed by atoms with van der Waals surface area (Å²) in [5.41, 5.74) is 5.50. The van der Waals surface area contributed by atoms with Gasteiger partial charge in [-0.1, -0.05) is 46.3 Å². The molecular weight excluding hydrogens is 286 g/mol. The van der Waals surface area contributed by atoms with Crippen LogP contribution in [0.5, 0.6) is 0 Å². The molecule has 0 saturated carbocycles. The Bertz CT molecular complexity index is 552. The average molecular weight is 302 g/mol. The third-order valence-electron chi connectivity index (χ3n) is 3.68. The molecule has 3 rings (SSSR count). The summed E-state index contributed by atoms with van der Waals surface area (Å²) in [7, 11) is 0. The van der Waals surface area contributed by atoms with Crippen LogP contribution in [0, 0.1) is 6.92 Å². The molecule has 0 radical (unpaired) electrons. The van der Waals surface area contributed by atoms with Gasteiger partial charge in [0.05, 0.1) is 0 Å². The quantitative estimate of drug-likeness (QED) is 0.870. The molecule has 2 heteroatoms. The number of fused-ring (bicyclic) bond motifs is 1. The van der Waals surface area contributed by atoms with Crippen molar-refractivity contribution in [3.63, 3.8) is 0 Å². The Morgan fingerprint density at radius 1 is 1.00 bits per heavy atom. The molecule has 2 aromatic carbocycles. The summed E-state index contributed by atoms with van der Waals surface area (Å²) < 4.78 is 1.17. The Kier molecular flexibility index (Phi) is 3.13. The van der Waals surface area contributed by atoms with Gasteiger partial charge >= 0.3 is 0 Å². The lowest BCUT2D eigenvalue weighted by molar-refractivity contribution is 0.773. The molecular formula is C16H16BrN. The largest absolute Gasteiger partial charge is 0.381 e. The molecule has 92 valence electrons. The first-order chi connectivity index (χ1) is 8.74. The third-order valence-corrected chi connectivity index (χ3v) is 4.54. The summed E-state index contributed by atoms with van der Waals surface area (Å²) >= 11 is 3.58. The summed E-state index contributed by atoms with van der Waals surface area (Å²) in [6.45, 7) is 2.15. The molecule has 1 N–H and O–H groups in total. The fourth-order valence-corrected chi connectivity index (χ4v) is 3.01. The Balaban J connectivity index is 1.78. The third kappa shape index (κ3) is 2.17. The summed E-state index contributed by atoms with van der Waals surface area (Å²) in [5.74, 6) is 0. The molecule has 18 heavy (non-hydrogen) atoms. The molecule has 0 amide bonds. The van der Waals surface area contributed by atoms with Crippen LogP contribution in [-0.4, -0.2) is 6.04 Å². The zero-order valence-electron chi connectivity index (χ0n) is 10.4. The van der Waals surface area contributed by atoms with E-state index in [0.29, 0.717) is 6.04 Å². The van der Waals surface area contributed by atoms with Gasteiger partial charge in [-0.15, -0.1) is 0 Å². The van der Waals surface area contributed by atoms with Crippen LogP contribution in [-0.2, 0) is 12.8 Å². The summed E-state index contributed by atoms with van der Waals surface area (Å²) in [4.78, 5) is 0. The van der Waals surface area contributed by atoms with Gasteiger partial charge in [0.15, 0.2) is 0 Å². The van der Waals surface area contributed by atoms with E-state index in [0.717, 1.165) is 12.8 Å². The molecule has 2 aromatic rings. The lowest BCUT2D eigenvalue weighted by Gasteiger charge is -2.16. The van der Waals surface area contributed by atoms with Crippen LogP contribution in [0.4, 0.5) is 5.69 Å². The molecule has 1 aliphatic rings. The summed E-state index contributed by atoms with van der Waals surface area (Å²) in [5, 5.41) is 3.67. The number of anilines is 1. The number of halogens is 1. The van der Waals surface area contributed by atoms with Gasteiger partial charge in [0.1, 0.15) is 0 Å². The lowest BCUT2D eigenvalue weighted by atomic mass is 10.1. The van der Waals surface area contributed by atoms with Gasteiger partial charge in [0, 0.05) is 16.2 Å². The molecule has 0 atom stereocenters. The van der Waals surface area contributed by atoms with Crippen molar-refractivity contribution in [3.8, 4) is 0 Å². The zero-order valence-corrected chi connectivity index (χ0v) is 12.0. The van der Waals surface area contributed by atoms with E-state index in [2.05, 4.69) is 70.6 Å². The second-order valence-electron chi connectivity index (χ2n) is 4.93. The van der Waals surface area contributed by atoms with Gasteiger partial charge in [0.2, 0.25) is 0 Å². The van der Waals surface area contributed by atoms with Crippen molar-refractivity contribution in [2.45, 2.75) is 25.8 Å². The zero-order chi connectivity index (χ0) is 12.5. The van der Waals surface area contributed by atoms with Crippen LogP contribution < -0.4 is 5.32 Å². The van der Waals surface area contributed by atoms with Crippen LogP contribution in [0.2, 0.25) is 0 Å². The van der Waals surface area contributed by atoms with Gasteiger partial charge in [-0.05, 0) is 48.6 Å². The minimum atomic E-state index is 0.524.